The number of nitrogens with zero attached hydrogens (tertiary/aromatic N) is 3. The monoisotopic (exact) mass is 310 g/mol. The van der Waals surface area contributed by atoms with E-state index in [9.17, 15) is 0 Å². The molecular weight excluding hydrogens is 284 g/mol. The molecule has 118 valence electrons. The van der Waals surface area contributed by atoms with Crippen LogP contribution in [0.4, 0.5) is 5.95 Å². The maximum absolute atomic E-state index is 5.64. The van der Waals surface area contributed by atoms with E-state index in [2.05, 4.69) is 27.2 Å². The van der Waals surface area contributed by atoms with Crippen molar-refractivity contribution < 1.29 is 4.74 Å². The smallest absolute Gasteiger partial charge is 0.322 e. The van der Waals surface area contributed by atoms with Crippen LogP contribution in [-0.4, -0.2) is 32.9 Å². The van der Waals surface area contributed by atoms with Crippen LogP contribution in [0.25, 0.3) is 0 Å². The van der Waals surface area contributed by atoms with Crippen LogP contribution in [0.3, 0.4) is 0 Å². The highest BCUT2D eigenvalue weighted by molar-refractivity contribution is 7.99. The van der Waals surface area contributed by atoms with Gasteiger partial charge in [-0.25, -0.2) is 0 Å². The second-order valence-electron chi connectivity index (χ2n) is 5.93. The van der Waals surface area contributed by atoms with E-state index in [1.165, 1.54) is 25.7 Å². The van der Waals surface area contributed by atoms with Gasteiger partial charge in [-0.1, -0.05) is 31.5 Å². The van der Waals surface area contributed by atoms with Gasteiger partial charge in [-0.2, -0.15) is 15.0 Å². The van der Waals surface area contributed by atoms with Gasteiger partial charge in [-0.15, -0.1) is 0 Å². The number of anilines is 1. The molecule has 21 heavy (non-hydrogen) atoms. The molecule has 2 rings (SSSR count). The van der Waals surface area contributed by atoms with Crippen LogP contribution < -0.4 is 10.1 Å². The standard InChI is InChI=1S/C15H26N4OS/c1-5-16-13-17-14(20-10(2)3)19-15(18-13)21-12-8-6-7-11(4)9-12/h10-12H,5-9H2,1-4H3,(H,16,17,18,19). The van der Waals surface area contributed by atoms with Gasteiger partial charge >= 0.3 is 6.01 Å². The van der Waals surface area contributed by atoms with Crippen LogP contribution in [0.5, 0.6) is 6.01 Å². The molecule has 0 radical (unpaired) electrons. The third-order valence-corrected chi connectivity index (χ3v) is 4.59. The first-order valence-electron chi connectivity index (χ1n) is 7.90. The van der Waals surface area contributed by atoms with Gasteiger partial charge in [0.1, 0.15) is 0 Å². The van der Waals surface area contributed by atoms with Gasteiger partial charge in [0, 0.05) is 11.8 Å². The molecule has 0 aromatic carbocycles. The minimum Gasteiger partial charge on any atom is -0.461 e. The Balaban J connectivity index is 2.10. The maximum Gasteiger partial charge on any atom is 0.322 e. The summed E-state index contributed by atoms with van der Waals surface area (Å²) in [7, 11) is 0. The molecule has 1 aliphatic carbocycles. The highest BCUT2D eigenvalue weighted by atomic mass is 32.2. The van der Waals surface area contributed by atoms with E-state index < -0.39 is 0 Å². The minimum atomic E-state index is 0.0643. The molecule has 2 unspecified atom stereocenters. The van der Waals surface area contributed by atoms with E-state index in [1.807, 2.05) is 20.8 Å². The fourth-order valence-electron chi connectivity index (χ4n) is 2.53. The van der Waals surface area contributed by atoms with Crippen molar-refractivity contribution in [2.45, 2.75) is 69.9 Å². The zero-order valence-electron chi connectivity index (χ0n) is 13.4. The molecule has 0 bridgehead atoms. The van der Waals surface area contributed by atoms with Crippen LogP contribution in [0.1, 0.15) is 53.4 Å². The molecule has 1 heterocycles. The lowest BCUT2D eigenvalue weighted by molar-refractivity contribution is 0.219. The maximum atomic E-state index is 5.64. The predicted octanol–water partition coefficient (Wildman–Crippen LogP) is 3.76. The van der Waals surface area contributed by atoms with Crippen molar-refractivity contribution in [2.75, 3.05) is 11.9 Å². The van der Waals surface area contributed by atoms with E-state index in [1.54, 1.807) is 11.8 Å². The molecule has 0 spiro atoms. The van der Waals surface area contributed by atoms with E-state index in [0.717, 1.165) is 17.6 Å². The molecule has 0 saturated heterocycles. The van der Waals surface area contributed by atoms with Crippen LogP contribution >= 0.6 is 11.8 Å². The van der Waals surface area contributed by atoms with Gasteiger partial charge in [0.05, 0.1) is 6.10 Å². The van der Waals surface area contributed by atoms with Gasteiger partial charge in [0.25, 0.3) is 0 Å². The second kappa shape index (κ2) is 7.82. The number of hydrogen-bond acceptors (Lipinski definition) is 6. The molecule has 0 amide bonds. The van der Waals surface area contributed by atoms with E-state index >= 15 is 0 Å². The zero-order valence-corrected chi connectivity index (χ0v) is 14.2. The Morgan fingerprint density at radius 1 is 1.29 bits per heavy atom. The van der Waals surface area contributed by atoms with Gasteiger partial charge in [0.2, 0.25) is 5.95 Å². The molecule has 1 saturated carbocycles. The fraction of sp³-hybridized carbons (Fsp3) is 0.800. The molecule has 1 aromatic heterocycles. The van der Waals surface area contributed by atoms with Crippen molar-refractivity contribution in [3.8, 4) is 6.01 Å². The SMILES string of the molecule is CCNc1nc(OC(C)C)nc(SC2CCCC(C)C2)n1. The lowest BCUT2D eigenvalue weighted by atomic mass is 9.91. The zero-order chi connectivity index (χ0) is 15.2. The summed E-state index contributed by atoms with van der Waals surface area (Å²) >= 11 is 1.77. The van der Waals surface area contributed by atoms with Crippen molar-refractivity contribution in [1.82, 2.24) is 15.0 Å². The van der Waals surface area contributed by atoms with Crippen molar-refractivity contribution in [1.29, 1.82) is 0 Å². The third-order valence-electron chi connectivity index (χ3n) is 3.43. The lowest BCUT2D eigenvalue weighted by Crippen LogP contribution is -2.16. The largest absolute Gasteiger partial charge is 0.461 e. The molecule has 6 heteroatoms. The van der Waals surface area contributed by atoms with Crippen molar-refractivity contribution in [2.24, 2.45) is 5.92 Å². The molecule has 0 aliphatic heterocycles. The summed E-state index contributed by atoms with van der Waals surface area (Å²) in [6.45, 7) is 9.11. The topological polar surface area (TPSA) is 59.9 Å². The summed E-state index contributed by atoms with van der Waals surface area (Å²) in [5.41, 5.74) is 0. The fourth-order valence-corrected chi connectivity index (χ4v) is 3.80. The van der Waals surface area contributed by atoms with Crippen LogP contribution in [-0.2, 0) is 0 Å². The molecule has 1 N–H and O–H groups in total. The van der Waals surface area contributed by atoms with Crippen LogP contribution in [0, 0.1) is 5.92 Å². The number of thioether (sulfide) groups is 1. The Labute approximate surface area is 131 Å². The molecule has 1 aromatic rings. The highest BCUT2D eigenvalue weighted by Crippen LogP contribution is 2.35. The first-order chi connectivity index (χ1) is 10.1. The Morgan fingerprint density at radius 3 is 2.76 bits per heavy atom. The molecule has 1 fully saturated rings. The number of rotatable bonds is 6. The highest BCUT2D eigenvalue weighted by Gasteiger charge is 2.21. The van der Waals surface area contributed by atoms with Gasteiger partial charge < -0.3 is 10.1 Å². The molecule has 2 atom stereocenters. The van der Waals surface area contributed by atoms with Crippen molar-refractivity contribution >= 4 is 17.7 Å². The minimum absolute atomic E-state index is 0.0643. The lowest BCUT2D eigenvalue weighted by Gasteiger charge is -2.25. The Kier molecular flexibility index (Phi) is 6.08. The summed E-state index contributed by atoms with van der Waals surface area (Å²) in [4.78, 5) is 13.3. The quantitative estimate of drug-likeness (QED) is 0.863. The van der Waals surface area contributed by atoms with Gasteiger partial charge in [0.15, 0.2) is 5.16 Å². The Morgan fingerprint density at radius 2 is 2.10 bits per heavy atom. The molecular formula is C15H26N4OS. The van der Waals surface area contributed by atoms with E-state index in [0.29, 0.717) is 17.2 Å². The third kappa shape index (κ3) is 5.34. The number of aromatic nitrogens is 3. The Hall–Kier alpha value is -1.04. The summed E-state index contributed by atoms with van der Waals surface area (Å²) in [6.07, 6.45) is 5.21. The van der Waals surface area contributed by atoms with E-state index in [-0.39, 0.29) is 6.10 Å². The van der Waals surface area contributed by atoms with Gasteiger partial charge in [-0.05, 0) is 39.5 Å². The molecule has 5 nitrogen and oxygen atoms in total. The summed E-state index contributed by atoms with van der Waals surface area (Å²) < 4.78 is 5.64. The first kappa shape index (κ1) is 16.3. The van der Waals surface area contributed by atoms with Crippen molar-refractivity contribution in [3.63, 3.8) is 0 Å². The predicted molar refractivity (Wildman–Crippen MR) is 87.0 cm³/mol. The number of nitrogens with one attached hydrogen (secondary N) is 1. The molecule has 1 aliphatic rings. The second-order valence-corrected chi connectivity index (χ2v) is 7.20. The normalized spacial score (nSPS) is 22.3. The summed E-state index contributed by atoms with van der Waals surface area (Å²) in [5, 5.41) is 4.53. The van der Waals surface area contributed by atoms with E-state index in [4.69, 9.17) is 4.74 Å². The van der Waals surface area contributed by atoms with Gasteiger partial charge in [-0.3, -0.25) is 0 Å². The number of hydrogen-bond donors (Lipinski definition) is 1. The Bertz CT molecular complexity index is 455. The average molecular weight is 310 g/mol. The van der Waals surface area contributed by atoms with Crippen LogP contribution in [0.15, 0.2) is 5.16 Å². The number of ether oxygens (including phenoxy) is 1. The first-order valence-corrected chi connectivity index (χ1v) is 8.78. The van der Waals surface area contributed by atoms with Crippen molar-refractivity contribution in [3.05, 3.63) is 0 Å². The summed E-state index contributed by atoms with van der Waals surface area (Å²) in [5.74, 6) is 1.41. The summed E-state index contributed by atoms with van der Waals surface area (Å²) in [6, 6.07) is 0.419. The average Bonchev–Trinajstić information content (AvgIpc) is 2.37. The van der Waals surface area contributed by atoms with Crippen LogP contribution in [0.2, 0.25) is 0 Å².